The lowest BCUT2D eigenvalue weighted by molar-refractivity contribution is 0.147. The topological polar surface area (TPSA) is 37.4 Å². The quantitative estimate of drug-likeness (QED) is 0.558. The van der Waals surface area contributed by atoms with Crippen LogP contribution < -0.4 is 0 Å². The van der Waals surface area contributed by atoms with Gasteiger partial charge >= 0.3 is 0 Å². The highest BCUT2D eigenvalue weighted by Gasteiger charge is 2.15. The summed E-state index contributed by atoms with van der Waals surface area (Å²) in [6, 6.07) is 0. The van der Waals surface area contributed by atoms with Crippen LogP contribution in [0, 0.1) is 0 Å². The number of halogens is 1. The second-order valence-corrected chi connectivity index (χ2v) is 3.64. The largest absolute Gasteiger partial charge is 0.239 e. The molecule has 0 bridgehead atoms. The van der Waals surface area contributed by atoms with E-state index < -0.39 is 10.0 Å². The lowest BCUT2D eigenvalue weighted by Crippen LogP contribution is -2.23. The molecule has 0 atom stereocenters. The molecule has 0 radical (unpaired) electrons. The van der Waals surface area contributed by atoms with Crippen LogP contribution in [0.1, 0.15) is 13.8 Å². The fourth-order valence-electron chi connectivity index (χ4n) is 0.337. The first-order chi connectivity index (χ1) is 4.04. The molecule has 0 fully saturated rings. The summed E-state index contributed by atoms with van der Waals surface area (Å²) in [5.74, 6) is -0.183. The summed E-state index contributed by atoms with van der Waals surface area (Å²) in [5, 5.41) is 0. The number of sulfonamides is 1. The Morgan fingerprint density at radius 1 is 1.44 bits per heavy atom. The summed E-state index contributed by atoms with van der Waals surface area (Å²) in [4.78, 5) is 0. The van der Waals surface area contributed by atoms with Crippen molar-refractivity contribution in [2.75, 3.05) is 12.3 Å². The van der Waals surface area contributed by atoms with Crippen LogP contribution in [0.15, 0.2) is 0 Å². The van der Waals surface area contributed by atoms with E-state index in [2.05, 4.69) is 0 Å². The lowest BCUT2D eigenvalue weighted by Gasteiger charge is -2.06. The Hall–Kier alpha value is -0.160. The van der Waals surface area contributed by atoms with Gasteiger partial charge in [0.15, 0.2) is 0 Å². The summed E-state index contributed by atoms with van der Waals surface area (Å²) in [6.07, 6.45) is 0. The van der Waals surface area contributed by atoms with E-state index in [4.69, 9.17) is 0 Å². The highest BCUT2D eigenvalue weighted by Crippen LogP contribution is 1.99. The summed E-state index contributed by atoms with van der Waals surface area (Å²) < 4.78 is 33.0. The number of hydrogen-bond donors (Lipinski definition) is 0. The normalized spacial score (nSPS) is 12.4. The Balaban J connectivity index is 4.17. The fraction of sp³-hybridized carbons (Fsp3) is 1.00. The predicted octanol–water partition coefficient (Wildman–Crippen LogP) is 0.543. The second-order valence-electron chi connectivity index (χ2n) is 1.50. The van der Waals surface area contributed by atoms with Gasteiger partial charge in [-0.1, -0.05) is 0 Å². The molecular weight excluding hydrogens is 145 g/mol. The van der Waals surface area contributed by atoms with Crippen LogP contribution in [0.25, 0.3) is 0 Å². The Morgan fingerprint density at radius 3 is 2.00 bits per heavy atom. The maximum Gasteiger partial charge on any atom is 0.239 e. The van der Waals surface area contributed by atoms with Gasteiger partial charge in [-0.15, -0.1) is 4.48 Å². The van der Waals surface area contributed by atoms with Gasteiger partial charge in [0.1, 0.15) is 0 Å². The zero-order valence-electron chi connectivity index (χ0n) is 5.46. The molecule has 0 heterocycles. The molecule has 56 valence electrons. The van der Waals surface area contributed by atoms with Gasteiger partial charge in [-0.3, -0.25) is 0 Å². The molecule has 5 heteroatoms. The molecule has 0 saturated carbocycles. The zero-order chi connectivity index (χ0) is 7.49. The average Bonchev–Trinajstić information content (AvgIpc) is 1.86. The molecule has 0 aromatic carbocycles. The summed E-state index contributed by atoms with van der Waals surface area (Å²) in [6.45, 7) is 2.72. The molecule has 0 N–H and O–H groups in total. The molecule has 0 rings (SSSR count). The summed E-state index contributed by atoms with van der Waals surface area (Å²) in [7, 11) is -3.58. The third-order valence-electron chi connectivity index (χ3n) is 0.915. The fourth-order valence-corrected chi connectivity index (χ4v) is 1.01. The first kappa shape index (κ1) is 8.84. The van der Waals surface area contributed by atoms with E-state index in [-0.39, 0.29) is 16.8 Å². The van der Waals surface area contributed by atoms with Gasteiger partial charge in [-0.05, 0) is 18.4 Å². The average molecular weight is 155 g/mol. The Kier molecular flexibility index (Phi) is 3.07. The Labute approximate surface area is 54.5 Å². The van der Waals surface area contributed by atoms with Gasteiger partial charge < -0.3 is 0 Å². The molecule has 0 amide bonds. The van der Waals surface area contributed by atoms with E-state index in [1.807, 2.05) is 0 Å². The van der Waals surface area contributed by atoms with Crippen molar-refractivity contribution in [3.05, 3.63) is 0 Å². The second kappa shape index (κ2) is 3.12. The van der Waals surface area contributed by atoms with Gasteiger partial charge in [0, 0.05) is 6.54 Å². The van der Waals surface area contributed by atoms with Crippen LogP contribution >= 0.6 is 0 Å². The minimum Gasteiger partial charge on any atom is -0.210 e. The van der Waals surface area contributed by atoms with Gasteiger partial charge in [0.05, 0.1) is 5.75 Å². The zero-order valence-corrected chi connectivity index (χ0v) is 6.28. The number of rotatable bonds is 3. The molecule has 0 saturated heterocycles. The molecule has 0 unspecified atom stereocenters. The monoisotopic (exact) mass is 155 g/mol. The maximum absolute atomic E-state index is 12.2. The van der Waals surface area contributed by atoms with Crippen LogP contribution in [0.3, 0.4) is 0 Å². The minimum absolute atomic E-state index is 0.115. The van der Waals surface area contributed by atoms with E-state index in [0.717, 1.165) is 0 Å². The summed E-state index contributed by atoms with van der Waals surface area (Å²) >= 11 is 0. The van der Waals surface area contributed by atoms with Crippen molar-refractivity contribution in [3.63, 3.8) is 0 Å². The molecule has 0 aromatic rings. The van der Waals surface area contributed by atoms with Crippen molar-refractivity contribution in [1.29, 1.82) is 0 Å². The molecule has 3 nitrogen and oxygen atoms in total. The van der Waals surface area contributed by atoms with E-state index in [1.54, 1.807) is 0 Å². The maximum atomic E-state index is 12.2. The third-order valence-corrected chi connectivity index (χ3v) is 2.51. The number of nitrogens with zero attached hydrogens (tertiary/aromatic N) is 1. The standard InChI is InChI=1S/C4H10FNO2S/c1-3-6(5)9(7,8)4-2/h3-4H2,1-2H3. The van der Waals surface area contributed by atoms with Crippen LogP contribution in [0.4, 0.5) is 4.48 Å². The lowest BCUT2D eigenvalue weighted by atomic mass is 10.8. The van der Waals surface area contributed by atoms with E-state index in [9.17, 15) is 12.9 Å². The molecule has 0 spiro atoms. The van der Waals surface area contributed by atoms with E-state index in [0.29, 0.717) is 0 Å². The highest BCUT2D eigenvalue weighted by molar-refractivity contribution is 7.88. The Bertz CT molecular complexity index is 165. The van der Waals surface area contributed by atoms with Crippen molar-refractivity contribution in [2.24, 2.45) is 0 Å². The van der Waals surface area contributed by atoms with Gasteiger partial charge in [-0.2, -0.15) is 0 Å². The van der Waals surface area contributed by atoms with Crippen molar-refractivity contribution in [3.8, 4) is 0 Å². The minimum atomic E-state index is -3.58. The van der Waals surface area contributed by atoms with Crippen LogP contribution in [0.5, 0.6) is 0 Å². The van der Waals surface area contributed by atoms with Crippen molar-refractivity contribution in [1.82, 2.24) is 4.53 Å². The highest BCUT2D eigenvalue weighted by atomic mass is 32.2. The smallest absolute Gasteiger partial charge is 0.210 e. The first-order valence-corrected chi connectivity index (χ1v) is 4.31. The van der Waals surface area contributed by atoms with Gasteiger partial charge in [0.25, 0.3) is 0 Å². The SMILES string of the molecule is CCN(F)S(=O)(=O)CC. The van der Waals surface area contributed by atoms with E-state index >= 15 is 0 Å². The molecule has 0 aromatic heterocycles. The van der Waals surface area contributed by atoms with Crippen LogP contribution in [-0.4, -0.2) is 25.2 Å². The van der Waals surface area contributed by atoms with Gasteiger partial charge in [-0.25, -0.2) is 8.42 Å². The first-order valence-electron chi connectivity index (χ1n) is 2.70. The molecule has 0 aliphatic carbocycles. The predicted molar refractivity (Wildman–Crippen MR) is 32.9 cm³/mol. The third kappa shape index (κ3) is 2.28. The summed E-state index contributed by atoms with van der Waals surface area (Å²) in [5.41, 5.74) is 0. The molecular formula is C4H10FNO2S. The van der Waals surface area contributed by atoms with Crippen LogP contribution in [0.2, 0.25) is 0 Å². The molecule has 9 heavy (non-hydrogen) atoms. The van der Waals surface area contributed by atoms with Gasteiger partial charge in [0.2, 0.25) is 10.0 Å². The Morgan fingerprint density at radius 2 is 1.89 bits per heavy atom. The van der Waals surface area contributed by atoms with Crippen molar-refractivity contribution in [2.45, 2.75) is 13.8 Å². The van der Waals surface area contributed by atoms with Crippen molar-refractivity contribution >= 4 is 10.0 Å². The van der Waals surface area contributed by atoms with Crippen LogP contribution in [-0.2, 0) is 10.0 Å². The van der Waals surface area contributed by atoms with Crippen molar-refractivity contribution < 1.29 is 12.9 Å². The molecule has 0 aliphatic rings. The number of hydrogen-bond acceptors (Lipinski definition) is 2. The molecule has 0 aliphatic heterocycles. The van der Waals surface area contributed by atoms with E-state index in [1.165, 1.54) is 13.8 Å².